The van der Waals surface area contributed by atoms with Crippen LogP contribution in [0, 0.1) is 0 Å². The summed E-state index contributed by atoms with van der Waals surface area (Å²) in [5, 5.41) is 2.43. The third-order valence-electron chi connectivity index (χ3n) is 7.76. The first-order valence-corrected chi connectivity index (χ1v) is 14.2. The number of nitrogens with zero attached hydrogens (tertiary/aromatic N) is 3. The molecule has 0 unspecified atom stereocenters. The first kappa shape index (κ1) is 25.4. The van der Waals surface area contributed by atoms with Crippen LogP contribution in [0.2, 0.25) is 0 Å². The number of rotatable bonds is 6. The van der Waals surface area contributed by atoms with Crippen molar-refractivity contribution in [2.45, 2.75) is 6.92 Å². The number of hydrogen-bond acceptors (Lipinski definition) is 2. The number of benzene rings is 5. The molecule has 3 heteroatoms. The molecule has 0 fully saturated rings. The van der Waals surface area contributed by atoms with E-state index >= 15 is 0 Å². The highest BCUT2D eigenvalue weighted by Gasteiger charge is 2.15. The molecule has 0 aliphatic rings. The molecule has 42 heavy (non-hydrogen) atoms. The van der Waals surface area contributed by atoms with Gasteiger partial charge in [0, 0.05) is 33.2 Å². The average molecular weight is 540 g/mol. The smallest absolute Gasteiger partial charge is 0.160 e. The minimum Gasteiger partial charge on any atom is -0.309 e. The standard InChI is InChI=1S/C39H29N3/c1-3-27(4-2)30-22-23-38-34(25-30)33-20-11-12-21-37(33)42(38)32-19-13-18-31(24-32)39-40-35(28-14-7-5-8-15-28)26-36(41-39)29-16-9-6-10-17-29/h3-26H,1H2,2H3/b27-4+. The Labute approximate surface area is 245 Å². The van der Waals surface area contributed by atoms with Crippen LogP contribution < -0.4 is 0 Å². The van der Waals surface area contributed by atoms with Crippen molar-refractivity contribution in [2.75, 3.05) is 0 Å². The molecule has 0 atom stereocenters. The third-order valence-corrected chi connectivity index (χ3v) is 7.76. The summed E-state index contributed by atoms with van der Waals surface area (Å²) in [5.74, 6) is 0.698. The molecule has 2 heterocycles. The van der Waals surface area contributed by atoms with E-state index in [0.717, 1.165) is 55.9 Å². The molecule has 0 aliphatic heterocycles. The Bertz CT molecular complexity index is 2040. The monoisotopic (exact) mass is 539 g/mol. The Morgan fingerprint density at radius 2 is 1.21 bits per heavy atom. The molecule has 2 aromatic heterocycles. The van der Waals surface area contributed by atoms with E-state index < -0.39 is 0 Å². The quantitative estimate of drug-likeness (QED) is 0.197. The first-order chi connectivity index (χ1) is 20.7. The van der Waals surface area contributed by atoms with Gasteiger partial charge in [0.05, 0.1) is 22.4 Å². The predicted molar refractivity (Wildman–Crippen MR) is 177 cm³/mol. The second-order valence-electron chi connectivity index (χ2n) is 10.3. The number of hydrogen-bond donors (Lipinski definition) is 0. The fourth-order valence-corrected chi connectivity index (χ4v) is 5.71. The molecule has 0 aliphatic carbocycles. The average Bonchev–Trinajstić information content (AvgIpc) is 3.40. The zero-order chi connectivity index (χ0) is 28.5. The largest absolute Gasteiger partial charge is 0.309 e. The SMILES string of the molecule is C=C/C(=C\C)c1ccc2c(c1)c1ccccc1n2-c1cccc(-c2nc(-c3ccccc3)cc(-c3ccccc3)n2)c1. The molecule has 0 amide bonds. The topological polar surface area (TPSA) is 30.7 Å². The van der Waals surface area contributed by atoms with Crippen LogP contribution in [-0.2, 0) is 0 Å². The minimum absolute atomic E-state index is 0.698. The van der Waals surface area contributed by atoms with Gasteiger partial charge in [0.2, 0.25) is 0 Å². The number of allylic oxidation sites excluding steroid dienone is 3. The maximum atomic E-state index is 5.06. The van der Waals surface area contributed by atoms with Gasteiger partial charge in [0.25, 0.3) is 0 Å². The second-order valence-corrected chi connectivity index (χ2v) is 10.3. The lowest BCUT2D eigenvalue weighted by Crippen LogP contribution is -1.98. The van der Waals surface area contributed by atoms with E-state index in [1.807, 2.05) is 49.4 Å². The molecule has 5 aromatic carbocycles. The van der Waals surface area contributed by atoms with Crippen molar-refractivity contribution in [1.82, 2.24) is 14.5 Å². The lowest BCUT2D eigenvalue weighted by atomic mass is 10.0. The summed E-state index contributed by atoms with van der Waals surface area (Å²) in [6.45, 7) is 6.06. The van der Waals surface area contributed by atoms with Crippen LogP contribution >= 0.6 is 0 Å². The van der Waals surface area contributed by atoms with Crippen molar-refractivity contribution in [3.8, 4) is 39.6 Å². The van der Waals surface area contributed by atoms with E-state index in [1.165, 1.54) is 10.8 Å². The summed E-state index contributed by atoms with van der Waals surface area (Å²) in [6, 6.07) is 46.5. The lowest BCUT2D eigenvalue weighted by Gasteiger charge is -2.12. The van der Waals surface area contributed by atoms with Crippen molar-refractivity contribution in [3.63, 3.8) is 0 Å². The molecule has 0 N–H and O–H groups in total. The van der Waals surface area contributed by atoms with E-state index in [1.54, 1.807) is 0 Å². The van der Waals surface area contributed by atoms with Crippen LogP contribution in [0.4, 0.5) is 0 Å². The fourth-order valence-electron chi connectivity index (χ4n) is 5.71. The van der Waals surface area contributed by atoms with Crippen LogP contribution in [-0.4, -0.2) is 14.5 Å². The first-order valence-electron chi connectivity index (χ1n) is 14.2. The van der Waals surface area contributed by atoms with Crippen LogP contribution in [0.15, 0.2) is 152 Å². The van der Waals surface area contributed by atoms with Gasteiger partial charge in [-0.3, -0.25) is 0 Å². The van der Waals surface area contributed by atoms with E-state index in [0.29, 0.717) is 5.82 Å². The zero-order valence-corrected chi connectivity index (χ0v) is 23.4. The summed E-state index contributed by atoms with van der Waals surface area (Å²) < 4.78 is 2.33. The number of para-hydroxylation sites is 1. The van der Waals surface area contributed by atoms with Gasteiger partial charge in [-0.25, -0.2) is 9.97 Å². The van der Waals surface area contributed by atoms with Crippen molar-refractivity contribution in [2.24, 2.45) is 0 Å². The summed E-state index contributed by atoms with van der Waals surface area (Å²) in [5.41, 5.74) is 10.6. The van der Waals surface area contributed by atoms with Gasteiger partial charge < -0.3 is 4.57 Å². The van der Waals surface area contributed by atoms with Crippen molar-refractivity contribution in [3.05, 3.63) is 158 Å². The Balaban J connectivity index is 1.42. The maximum absolute atomic E-state index is 5.06. The molecule has 7 rings (SSSR count). The van der Waals surface area contributed by atoms with E-state index in [4.69, 9.17) is 9.97 Å². The third kappa shape index (κ3) is 4.51. The van der Waals surface area contributed by atoms with Gasteiger partial charge >= 0.3 is 0 Å². The molecule has 200 valence electrons. The predicted octanol–water partition coefficient (Wildman–Crippen LogP) is 10.2. The summed E-state index contributed by atoms with van der Waals surface area (Å²) >= 11 is 0. The Morgan fingerprint density at radius 3 is 1.88 bits per heavy atom. The Hall–Kier alpha value is -5.54. The molecule has 0 bridgehead atoms. The zero-order valence-electron chi connectivity index (χ0n) is 23.4. The van der Waals surface area contributed by atoms with Gasteiger partial charge in [0.15, 0.2) is 5.82 Å². The van der Waals surface area contributed by atoms with E-state index in [9.17, 15) is 0 Å². The van der Waals surface area contributed by atoms with E-state index in [-0.39, 0.29) is 0 Å². The molecule has 0 saturated carbocycles. The van der Waals surface area contributed by atoms with Gasteiger partial charge in [-0.05, 0) is 54.5 Å². The van der Waals surface area contributed by atoms with Crippen LogP contribution in [0.5, 0.6) is 0 Å². The van der Waals surface area contributed by atoms with Gasteiger partial charge in [-0.15, -0.1) is 0 Å². The number of fused-ring (bicyclic) bond motifs is 3. The van der Waals surface area contributed by atoms with Crippen LogP contribution in [0.25, 0.3) is 67.0 Å². The Morgan fingerprint density at radius 1 is 0.595 bits per heavy atom. The van der Waals surface area contributed by atoms with Crippen LogP contribution in [0.1, 0.15) is 12.5 Å². The van der Waals surface area contributed by atoms with Crippen molar-refractivity contribution in [1.29, 1.82) is 0 Å². The van der Waals surface area contributed by atoms with Gasteiger partial charge in [-0.2, -0.15) is 0 Å². The van der Waals surface area contributed by atoms with Crippen molar-refractivity contribution < 1.29 is 0 Å². The molecule has 7 aromatic rings. The van der Waals surface area contributed by atoms with Crippen LogP contribution in [0.3, 0.4) is 0 Å². The fraction of sp³-hybridized carbons (Fsp3) is 0.0256. The highest BCUT2D eigenvalue weighted by Crippen LogP contribution is 2.35. The highest BCUT2D eigenvalue weighted by molar-refractivity contribution is 6.10. The molecular weight excluding hydrogens is 510 g/mol. The highest BCUT2D eigenvalue weighted by atomic mass is 15.0. The molecule has 0 radical (unpaired) electrons. The minimum atomic E-state index is 0.698. The lowest BCUT2D eigenvalue weighted by molar-refractivity contribution is 1.16. The van der Waals surface area contributed by atoms with E-state index in [2.05, 4.69) is 114 Å². The van der Waals surface area contributed by atoms with Crippen molar-refractivity contribution >= 4 is 27.4 Å². The van der Waals surface area contributed by atoms with Gasteiger partial charge in [-0.1, -0.05) is 116 Å². The summed E-state index contributed by atoms with van der Waals surface area (Å²) in [6.07, 6.45) is 4.02. The Kier molecular flexibility index (Phi) is 6.54. The molecule has 0 spiro atoms. The van der Waals surface area contributed by atoms with Gasteiger partial charge in [0.1, 0.15) is 0 Å². The molecule has 0 saturated heterocycles. The summed E-state index contributed by atoms with van der Waals surface area (Å²) in [4.78, 5) is 10.1. The maximum Gasteiger partial charge on any atom is 0.160 e. The molecule has 3 nitrogen and oxygen atoms in total. The molecular formula is C39H29N3. The normalized spacial score (nSPS) is 11.7. The summed E-state index contributed by atoms with van der Waals surface area (Å²) in [7, 11) is 0. The number of aromatic nitrogens is 3. The second kappa shape index (κ2) is 10.8.